The predicted octanol–water partition coefficient (Wildman–Crippen LogP) is 4.60. The highest BCUT2D eigenvalue weighted by atomic mass is 16.4. The minimum Gasteiger partial charge on any atom is -0.423 e. The summed E-state index contributed by atoms with van der Waals surface area (Å²) in [6.07, 6.45) is 0. The number of anilines is 1. The molecule has 152 valence electrons. The second-order valence-corrected chi connectivity index (χ2v) is 8.04. The van der Waals surface area contributed by atoms with Crippen LogP contribution in [0, 0.1) is 13.8 Å². The molecule has 1 N–H and O–H groups in total. The van der Waals surface area contributed by atoms with Crippen molar-refractivity contribution in [2.75, 3.05) is 18.9 Å². The van der Waals surface area contributed by atoms with Crippen LogP contribution in [0.25, 0.3) is 11.0 Å². The fourth-order valence-corrected chi connectivity index (χ4v) is 3.57. The molecular formula is C24H28N2O3. The Labute approximate surface area is 171 Å². The van der Waals surface area contributed by atoms with Crippen LogP contribution in [-0.4, -0.2) is 24.4 Å². The molecule has 0 bridgehead atoms. The highest BCUT2D eigenvalue weighted by molar-refractivity contribution is 5.92. The summed E-state index contributed by atoms with van der Waals surface area (Å²) in [7, 11) is 1.87. The topological polar surface area (TPSA) is 62.6 Å². The van der Waals surface area contributed by atoms with Crippen molar-refractivity contribution in [2.45, 2.75) is 40.2 Å². The standard InChI is InChI=1S/C24H28N2O3/c1-15(2)20-12-21-18(11-24(28)29-22(21)10-17(20)4)13-26(5)14-23(27)25-19-8-6-16(3)7-9-19/h6-12,15H,13-14H2,1-5H3,(H,25,27). The van der Waals surface area contributed by atoms with E-state index in [1.54, 1.807) is 0 Å². The summed E-state index contributed by atoms with van der Waals surface area (Å²) >= 11 is 0. The van der Waals surface area contributed by atoms with Crippen LogP contribution in [0.3, 0.4) is 0 Å². The van der Waals surface area contributed by atoms with Gasteiger partial charge < -0.3 is 9.73 Å². The second-order valence-electron chi connectivity index (χ2n) is 8.04. The summed E-state index contributed by atoms with van der Waals surface area (Å²) < 4.78 is 5.42. The number of hydrogen-bond donors (Lipinski definition) is 1. The fraction of sp³-hybridized carbons (Fsp3) is 0.333. The molecule has 5 heteroatoms. The molecule has 0 radical (unpaired) electrons. The minimum absolute atomic E-state index is 0.0951. The van der Waals surface area contributed by atoms with E-state index in [2.05, 4.69) is 25.2 Å². The van der Waals surface area contributed by atoms with E-state index in [4.69, 9.17) is 4.42 Å². The molecule has 1 aromatic heterocycles. The third kappa shape index (κ3) is 5.12. The van der Waals surface area contributed by atoms with E-state index in [1.807, 2.05) is 56.1 Å². The summed E-state index contributed by atoms with van der Waals surface area (Å²) in [5.74, 6) is 0.277. The molecule has 3 rings (SSSR count). The molecule has 5 nitrogen and oxygen atoms in total. The lowest BCUT2D eigenvalue weighted by atomic mass is 9.95. The molecule has 0 fully saturated rings. The smallest absolute Gasteiger partial charge is 0.336 e. The van der Waals surface area contributed by atoms with E-state index in [0.717, 1.165) is 27.8 Å². The van der Waals surface area contributed by atoms with Gasteiger partial charge in [0.15, 0.2) is 0 Å². The number of benzene rings is 2. The SMILES string of the molecule is Cc1ccc(NC(=O)CN(C)Cc2cc(=O)oc3cc(C)c(C(C)C)cc23)cc1. The van der Waals surface area contributed by atoms with Crippen molar-refractivity contribution in [2.24, 2.45) is 0 Å². The van der Waals surface area contributed by atoms with Crippen molar-refractivity contribution < 1.29 is 9.21 Å². The molecule has 0 aliphatic carbocycles. The number of aryl methyl sites for hydroxylation is 2. The number of rotatable bonds is 6. The first-order chi connectivity index (χ1) is 13.7. The highest BCUT2D eigenvalue weighted by Gasteiger charge is 2.14. The fourth-order valence-electron chi connectivity index (χ4n) is 3.57. The molecule has 0 atom stereocenters. The van der Waals surface area contributed by atoms with Crippen LogP contribution in [0.5, 0.6) is 0 Å². The maximum atomic E-state index is 12.4. The lowest BCUT2D eigenvalue weighted by Crippen LogP contribution is -2.30. The van der Waals surface area contributed by atoms with Gasteiger partial charge in [-0.25, -0.2) is 4.79 Å². The molecule has 3 aromatic rings. The highest BCUT2D eigenvalue weighted by Crippen LogP contribution is 2.27. The molecule has 1 heterocycles. The Morgan fingerprint density at radius 1 is 1.10 bits per heavy atom. The third-order valence-corrected chi connectivity index (χ3v) is 5.03. The van der Waals surface area contributed by atoms with E-state index in [9.17, 15) is 9.59 Å². The molecule has 0 spiro atoms. The van der Waals surface area contributed by atoms with Gasteiger partial charge in [-0.1, -0.05) is 31.5 Å². The Kier molecular flexibility index (Phi) is 6.18. The summed E-state index contributed by atoms with van der Waals surface area (Å²) in [6, 6.07) is 13.3. The largest absolute Gasteiger partial charge is 0.423 e. The van der Waals surface area contributed by atoms with Gasteiger partial charge in [-0.15, -0.1) is 0 Å². The van der Waals surface area contributed by atoms with Crippen molar-refractivity contribution in [1.82, 2.24) is 4.90 Å². The monoisotopic (exact) mass is 392 g/mol. The van der Waals surface area contributed by atoms with Gasteiger partial charge in [0.05, 0.1) is 6.54 Å². The van der Waals surface area contributed by atoms with Gasteiger partial charge in [0, 0.05) is 23.7 Å². The van der Waals surface area contributed by atoms with Crippen LogP contribution in [0.1, 0.15) is 42.0 Å². The van der Waals surface area contributed by atoms with Crippen LogP contribution in [-0.2, 0) is 11.3 Å². The van der Waals surface area contributed by atoms with Crippen molar-refractivity contribution in [3.63, 3.8) is 0 Å². The van der Waals surface area contributed by atoms with Gasteiger partial charge in [-0.05, 0) is 67.8 Å². The first-order valence-electron chi connectivity index (χ1n) is 9.85. The average Bonchev–Trinajstić information content (AvgIpc) is 2.62. The number of likely N-dealkylation sites (N-methyl/N-ethyl adjacent to an activating group) is 1. The van der Waals surface area contributed by atoms with Crippen LogP contribution in [0.2, 0.25) is 0 Å². The Balaban J connectivity index is 1.79. The quantitative estimate of drug-likeness (QED) is 0.623. The Hall–Kier alpha value is -2.92. The molecule has 1 amide bonds. The van der Waals surface area contributed by atoms with E-state index in [-0.39, 0.29) is 18.1 Å². The Morgan fingerprint density at radius 3 is 2.45 bits per heavy atom. The summed E-state index contributed by atoms with van der Waals surface area (Å²) in [4.78, 5) is 26.3. The number of amides is 1. The van der Waals surface area contributed by atoms with Crippen molar-refractivity contribution in [3.8, 4) is 0 Å². The van der Waals surface area contributed by atoms with Crippen LogP contribution < -0.4 is 10.9 Å². The molecule has 0 unspecified atom stereocenters. The van der Waals surface area contributed by atoms with E-state index in [1.165, 1.54) is 11.6 Å². The lowest BCUT2D eigenvalue weighted by molar-refractivity contribution is -0.117. The van der Waals surface area contributed by atoms with Gasteiger partial charge in [-0.2, -0.15) is 0 Å². The first kappa shape index (κ1) is 20.8. The van der Waals surface area contributed by atoms with Crippen LogP contribution >= 0.6 is 0 Å². The van der Waals surface area contributed by atoms with Gasteiger partial charge in [0.25, 0.3) is 0 Å². The Bertz CT molecular complexity index is 1080. The molecule has 0 aliphatic heterocycles. The number of fused-ring (bicyclic) bond motifs is 1. The average molecular weight is 392 g/mol. The van der Waals surface area contributed by atoms with E-state index >= 15 is 0 Å². The predicted molar refractivity (Wildman–Crippen MR) is 117 cm³/mol. The summed E-state index contributed by atoms with van der Waals surface area (Å²) in [6.45, 7) is 9.03. The zero-order valence-corrected chi connectivity index (χ0v) is 17.7. The van der Waals surface area contributed by atoms with Crippen LogP contribution in [0.4, 0.5) is 5.69 Å². The maximum absolute atomic E-state index is 12.4. The number of nitrogens with one attached hydrogen (secondary N) is 1. The van der Waals surface area contributed by atoms with Gasteiger partial charge in [0.2, 0.25) is 5.91 Å². The minimum atomic E-state index is -0.373. The number of carbonyl (C=O) groups excluding carboxylic acids is 1. The van der Waals surface area contributed by atoms with Gasteiger partial charge in [-0.3, -0.25) is 9.69 Å². The molecule has 29 heavy (non-hydrogen) atoms. The first-order valence-corrected chi connectivity index (χ1v) is 9.85. The molecular weight excluding hydrogens is 364 g/mol. The normalized spacial score (nSPS) is 11.4. The van der Waals surface area contributed by atoms with Crippen LogP contribution in [0.15, 0.2) is 51.7 Å². The van der Waals surface area contributed by atoms with E-state index in [0.29, 0.717) is 18.0 Å². The van der Waals surface area contributed by atoms with Crippen molar-refractivity contribution in [3.05, 3.63) is 75.1 Å². The Morgan fingerprint density at radius 2 is 1.79 bits per heavy atom. The third-order valence-electron chi connectivity index (χ3n) is 5.03. The second kappa shape index (κ2) is 8.62. The number of carbonyl (C=O) groups is 1. The summed E-state index contributed by atoms with van der Waals surface area (Å²) in [5, 5.41) is 3.83. The van der Waals surface area contributed by atoms with Crippen molar-refractivity contribution in [1.29, 1.82) is 0 Å². The summed E-state index contributed by atoms with van der Waals surface area (Å²) in [5.41, 5.74) is 5.34. The molecule has 2 aromatic carbocycles. The number of hydrogen-bond acceptors (Lipinski definition) is 4. The number of nitrogens with zero attached hydrogens (tertiary/aromatic N) is 1. The zero-order chi connectivity index (χ0) is 21.1. The maximum Gasteiger partial charge on any atom is 0.336 e. The van der Waals surface area contributed by atoms with Crippen molar-refractivity contribution >= 4 is 22.6 Å². The molecule has 0 saturated heterocycles. The zero-order valence-electron chi connectivity index (χ0n) is 17.7. The lowest BCUT2D eigenvalue weighted by Gasteiger charge is -2.18. The van der Waals surface area contributed by atoms with Gasteiger partial charge in [0.1, 0.15) is 5.58 Å². The van der Waals surface area contributed by atoms with Gasteiger partial charge >= 0.3 is 5.63 Å². The molecule has 0 aliphatic rings. The van der Waals surface area contributed by atoms with E-state index < -0.39 is 0 Å². The molecule has 0 saturated carbocycles.